The lowest BCUT2D eigenvalue weighted by Gasteiger charge is -2.20. The van der Waals surface area contributed by atoms with Crippen molar-refractivity contribution >= 4 is 33.4 Å². The smallest absolute Gasteiger partial charge is 0.256 e. The van der Waals surface area contributed by atoms with Crippen LogP contribution in [0.15, 0.2) is 53.0 Å². The van der Waals surface area contributed by atoms with E-state index in [1.165, 1.54) is 0 Å². The Hall–Kier alpha value is -2.14. The first-order valence-corrected chi connectivity index (χ1v) is 8.32. The van der Waals surface area contributed by atoms with Crippen molar-refractivity contribution in [2.24, 2.45) is 0 Å². The number of rotatable bonds is 5. The normalized spacial score (nSPS) is 10.2. The Labute approximate surface area is 144 Å². The predicted molar refractivity (Wildman–Crippen MR) is 95.8 cm³/mol. The van der Waals surface area contributed by atoms with Gasteiger partial charge in [0, 0.05) is 17.6 Å². The summed E-state index contributed by atoms with van der Waals surface area (Å²) in [5.41, 5.74) is 1.54. The van der Waals surface area contributed by atoms with Crippen molar-refractivity contribution in [1.29, 1.82) is 0 Å². The van der Waals surface area contributed by atoms with E-state index in [1.807, 2.05) is 26.0 Å². The average Bonchev–Trinajstić information content (AvgIpc) is 2.56. The topological polar surface area (TPSA) is 49.4 Å². The number of nitrogens with one attached hydrogen (secondary N) is 1. The Balaban J connectivity index is 2.29. The number of amides is 2. The number of carbonyl (C=O) groups is 2. The van der Waals surface area contributed by atoms with Crippen LogP contribution in [0.25, 0.3) is 0 Å². The molecule has 2 amide bonds. The molecule has 5 heteroatoms. The molecule has 120 valence electrons. The summed E-state index contributed by atoms with van der Waals surface area (Å²) >= 11 is 3.37. The highest BCUT2D eigenvalue weighted by Gasteiger charge is 2.18. The molecule has 2 rings (SSSR count). The Bertz CT molecular complexity index is 712. The maximum Gasteiger partial charge on any atom is 0.256 e. The van der Waals surface area contributed by atoms with E-state index in [0.717, 1.165) is 0 Å². The average molecular weight is 375 g/mol. The minimum atomic E-state index is -0.253. The first-order chi connectivity index (χ1) is 11.1. The molecule has 1 N–H and O–H groups in total. The number of carbonyl (C=O) groups excluding carboxylic acids is 2. The molecule has 0 aliphatic heterocycles. The largest absolute Gasteiger partial charge is 0.339 e. The zero-order chi connectivity index (χ0) is 16.8. The highest BCUT2D eigenvalue weighted by molar-refractivity contribution is 9.10. The molecular weight excluding hydrogens is 356 g/mol. The summed E-state index contributed by atoms with van der Waals surface area (Å²) < 4.78 is 0.713. The van der Waals surface area contributed by atoms with Gasteiger partial charge >= 0.3 is 0 Å². The summed E-state index contributed by atoms with van der Waals surface area (Å²) in [6, 6.07) is 14.3. The van der Waals surface area contributed by atoms with Crippen LogP contribution < -0.4 is 5.32 Å². The van der Waals surface area contributed by atoms with Crippen molar-refractivity contribution in [2.75, 3.05) is 18.4 Å². The first-order valence-electron chi connectivity index (χ1n) is 7.52. The van der Waals surface area contributed by atoms with Crippen molar-refractivity contribution in [3.05, 3.63) is 64.1 Å². The van der Waals surface area contributed by atoms with Crippen LogP contribution in [0.5, 0.6) is 0 Å². The van der Waals surface area contributed by atoms with Gasteiger partial charge in [-0.15, -0.1) is 0 Å². The van der Waals surface area contributed by atoms with Crippen LogP contribution >= 0.6 is 15.9 Å². The van der Waals surface area contributed by atoms with Crippen molar-refractivity contribution in [3.63, 3.8) is 0 Å². The summed E-state index contributed by atoms with van der Waals surface area (Å²) in [7, 11) is 0. The van der Waals surface area contributed by atoms with Crippen molar-refractivity contribution < 1.29 is 9.59 Å². The maximum absolute atomic E-state index is 12.6. The van der Waals surface area contributed by atoms with Gasteiger partial charge in [-0.3, -0.25) is 9.59 Å². The van der Waals surface area contributed by atoms with Gasteiger partial charge in [0.25, 0.3) is 11.8 Å². The highest BCUT2D eigenvalue weighted by Crippen LogP contribution is 2.21. The molecule has 0 aliphatic rings. The van der Waals surface area contributed by atoms with Gasteiger partial charge in [-0.2, -0.15) is 0 Å². The van der Waals surface area contributed by atoms with E-state index in [9.17, 15) is 9.59 Å². The summed E-state index contributed by atoms with van der Waals surface area (Å²) in [4.78, 5) is 26.8. The fourth-order valence-electron chi connectivity index (χ4n) is 2.29. The van der Waals surface area contributed by atoms with Gasteiger partial charge in [-0.05, 0) is 54.0 Å². The fourth-order valence-corrected chi connectivity index (χ4v) is 2.76. The van der Waals surface area contributed by atoms with Crippen LogP contribution in [0.2, 0.25) is 0 Å². The van der Waals surface area contributed by atoms with E-state index in [4.69, 9.17) is 0 Å². The molecule has 4 nitrogen and oxygen atoms in total. The first kappa shape index (κ1) is 17.2. The van der Waals surface area contributed by atoms with Crippen LogP contribution in [-0.4, -0.2) is 29.8 Å². The van der Waals surface area contributed by atoms with E-state index < -0.39 is 0 Å². The van der Waals surface area contributed by atoms with Crippen LogP contribution in [0, 0.1) is 0 Å². The van der Waals surface area contributed by atoms with Crippen LogP contribution in [-0.2, 0) is 0 Å². The molecule has 0 aliphatic carbocycles. The summed E-state index contributed by atoms with van der Waals surface area (Å²) in [6.07, 6.45) is 0. The molecule has 0 atom stereocenters. The quantitative estimate of drug-likeness (QED) is 0.852. The maximum atomic E-state index is 12.6. The lowest BCUT2D eigenvalue weighted by atomic mass is 10.1. The summed E-state index contributed by atoms with van der Waals surface area (Å²) in [5.74, 6) is -0.338. The van der Waals surface area contributed by atoms with Gasteiger partial charge < -0.3 is 10.2 Å². The Kier molecular flexibility index (Phi) is 5.93. The van der Waals surface area contributed by atoms with Crippen molar-refractivity contribution in [3.8, 4) is 0 Å². The Morgan fingerprint density at radius 1 is 0.957 bits per heavy atom. The van der Waals surface area contributed by atoms with Gasteiger partial charge in [0.05, 0.1) is 16.8 Å². The third-order valence-electron chi connectivity index (χ3n) is 3.57. The Morgan fingerprint density at radius 2 is 1.52 bits per heavy atom. The van der Waals surface area contributed by atoms with Gasteiger partial charge in [0.2, 0.25) is 0 Å². The molecule has 0 bridgehead atoms. The van der Waals surface area contributed by atoms with Gasteiger partial charge in [0.1, 0.15) is 0 Å². The minimum absolute atomic E-state index is 0.0852. The summed E-state index contributed by atoms with van der Waals surface area (Å²) in [5, 5.41) is 2.84. The third kappa shape index (κ3) is 3.99. The molecule has 2 aromatic carbocycles. The molecular formula is C18H19BrN2O2. The number of anilines is 1. The molecule has 0 heterocycles. The van der Waals surface area contributed by atoms with Gasteiger partial charge in [0.15, 0.2) is 0 Å². The van der Waals surface area contributed by atoms with E-state index in [2.05, 4.69) is 21.2 Å². The number of para-hydroxylation sites is 1. The summed E-state index contributed by atoms with van der Waals surface area (Å²) in [6.45, 7) is 5.12. The molecule has 0 saturated heterocycles. The zero-order valence-corrected chi connectivity index (χ0v) is 14.8. The standard InChI is InChI=1S/C18H19BrN2O2/c1-3-21(4-2)18(23)14-10-6-8-12-16(14)20-17(22)13-9-5-7-11-15(13)19/h5-12H,3-4H2,1-2H3,(H,20,22). The number of benzene rings is 2. The number of hydrogen-bond acceptors (Lipinski definition) is 2. The highest BCUT2D eigenvalue weighted by atomic mass is 79.9. The van der Waals surface area contributed by atoms with Gasteiger partial charge in [-0.1, -0.05) is 24.3 Å². The lowest BCUT2D eigenvalue weighted by Crippen LogP contribution is -2.31. The molecule has 0 saturated carbocycles. The monoisotopic (exact) mass is 374 g/mol. The van der Waals surface area contributed by atoms with E-state index >= 15 is 0 Å². The molecule has 2 aromatic rings. The minimum Gasteiger partial charge on any atom is -0.339 e. The number of nitrogens with zero attached hydrogens (tertiary/aromatic N) is 1. The fraction of sp³-hybridized carbons (Fsp3) is 0.222. The predicted octanol–water partition coefficient (Wildman–Crippen LogP) is 4.18. The zero-order valence-electron chi connectivity index (χ0n) is 13.2. The van der Waals surface area contributed by atoms with Crippen molar-refractivity contribution in [2.45, 2.75) is 13.8 Å². The van der Waals surface area contributed by atoms with Crippen LogP contribution in [0.4, 0.5) is 5.69 Å². The second-order valence-corrected chi connectivity index (χ2v) is 5.81. The number of hydrogen-bond donors (Lipinski definition) is 1. The van der Waals surface area contributed by atoms with E-state index in [1.54, 1.807) is 41.3 Å². The van der Waals surface area contributed by atoms with Crippen LogP contribution in [0.3, 0.4) is 0 Å². The molecule has 0 aromatic heterocycles. The SMILES string of the molecule is CCN(CC)C(=O)c1ccccc1NC(=O)c1ccccc1Br. The molecule has 0 radical (unpaired) electrons. The lowest BCUT2D eigenvalue weighted by molar-refractivity contribution is 0.0774. The second kappa shape index (κ2) is 7.92. The molecule has 23 heavy (non-hydrogen) atoms. The molecule has 0 spiro atoms. The second-order valence-electron chi connectivity index (χ2n) is 4.96. The Morgan fingerprint density at radius 3 is 2.13 bits per heavy atom. The van der Waals surface area contributed by atoms with Crippen LogP contribution in [0.1, 0.15) is 34.6 Å². The van der Waals surface area contributed by atoms with Crippen molar-refractivity contribution in [1.82, 2.24) is 4.90 Å². The van der Waals surface area contributed by atoms with E-state index in [-0.39, 0.29) is 11.8 Å². The third-order valence-corrected chi connectivity index (χ3v) is 4.27. The van der Waals surface area contributed by atoms with E-state index in [0.29, 0.717) is 34.4 Å². The molecule has 0 unspecified atom stereocenters. The molecule has 0 fully saturated rings. The number of halogens is 1. The van der Waals surface area contributed by atoms with Gasteiger partial charge in [-0.25, -0.2) is 0 Å².